The quantitative estimate of drug-likeness (QED) is 0.254. The lowest BCUT2D eigenvalue weighted by molar-refractivity contribution is 0.570. The second kappa shape index (κ2) is 8.36. The van der Waals surface area contributed by atoms with Crippen LogP contribution in [0.25, 0.3) is 44.3 Å². The third-order valence-electron chi connectivity index (χ3n) is 6.07. The fourth-order valence-corrected chi connectivity index (χ4v) is 4.57. The average Bonchev–Trinajstić information content (AvgIpc) is 3.57. The second-order valence-electron chi connectivity index (χ2n) is 8.12. The Kier molecular flexibility index (Phi) is 5.04. The molecule has 0 bridgehead atoms. The van der Waals surface area contributed by atoms with Crippen LogP contribution >= 0.6 is 11.6 Å². The summed E-state index contributed by atoms with van der Waals surface area (Å²) >= 11 is 6.12. The number of nitrogens with one attached hydrogen (secondary N) is 2. The van der Waals surface area contributed by atoms with Gasteiger partial charge in [0.05, 0.1) is 5.69 Å². The Morgan fingerprint density at radius 1 is 0.912 bits per heavy atom. The van der Waals surface area contributed by atoms with Crippen LogP contribution in [0.5, 0.6) is 0 Å². The third kappa shape index (κ3) is 3.51. The number of para-hydroxylation sites is 2. The molecule has 0 aliphatic carbocycles. The van der Waals surface area contributed by atoms with E-state index < -0.39 is 0 Å². The monoisotopic (exact) mass is 464 g/mol. The molecule has 6 heteroatoms. The van der Waals surface area contributed by atoms with Crippen LogP contribution < -0.4 is 0 Å². The van der Waals surface area contributed by atoms with E-state index in [1.807, 2.05) is 54.7 Å². The molecule has 3 aromatic carbocycles. The van der Waals surface area contributed by atoms with Crippen LogP contribution in [0, 0.1) is 0 Å². The summed E-state index contributed by atoms with van der Waals surface area (Å²) in [5, 5.41) is 2.90. The van der Waals surface area contributed by atoms with Gasteiger partial charge in [-0.2, -0.15) is 4.98 Å². The van der Waals surface area contributed by atoms with E-state index >= 15 is 0 Å². The minimum atomic E-state index is 0.315. The molecule has 3 aromatic heterocycles. The van der Waals surface area contributed by atoms with Gasteiger partial charge >= 0.3 is 6.01 Å². The van der Waals surface area contributed by atoms with Crippen LogP contribution in [-0.4, -0.2) is 21.2 Å². The van der Waals surface area contributed by atoms with Crippen LogP contribution in [0.4, 0.5) is 6.01 Å². The molecule has 0 radical (unpaired) electrons. The summed E-state index contributed by atoms with van der Waals surface area (Å²) in [4.78, 5) is 16.3. The maximum absolute atomic E-state index is 6.12. The number of hydrogen-bond acceptors (Lipinski definition) is 3. The van der Waals surface area contributed by atoms with Crippen molar-refractivity contribution in [2.24, 2.45) is 4.99 Å². The number of aliphatic imine (C=N–C) groups is 1. The molecule has 0 saturated carbocycles. The van der Waals surface area contributed by atoms with Crippen LogP contribution in [0.2, 0.25) is 5.02 Å². The Labute approximate surface area is 201 Å². The van der Waals surface area contributed by atoms with Gasteiger partial charge in [-0.3, -0.25) is 0 Å². The highest BCUT2D eigenvalue weighted by Gasteiger charge is 2.18. The number of aryl methyl sites for hydroxylation is 1. The summed E-state index contributed by atoms with van der Waals surface area (Å²) in [6.07, 6.45) is 4.38. The molecule has 5 nitrogen and oxygen atoms in total. The first-order valence-corrected chi connectivity index (χ1v) is 11.5. The number of oxazole rings is 1. The van der Waals surface area contributed by atoms with Crippen molar-refractivity contribution in [1.82, 2.24) is 15.0 Å². The zero-order chi connectivity index (χ0) is 23.1. The van der Waals surface area contributed by atoms with Crippen molar-refractivity contribution in [2.75, 3.05) is 0 Å². The standard InChI is InChI=1S/C28H21ClN4O/c1-2-22-21(19-7-3-5-9-23(19)31-22)15-30-28-33-25(16-34-28)26-20-8-4-6-10-24(20)32-27(26)17-11-13-18(29)14-12-17/h3-16,31-32H,2H2,1H3. The predicted molar refractivity (Wildman–Crippen MR) is 139 cm³/mol. The molecule has 2 N–H and O–H groups in total. The van der Waals surface area contributed by atoms with Crippen molar-refractivity contribution in [3.05, 3.63) is 95.3 Å². The Hall–Kier alpha value is -4.09. The van der Waals surface area contributed by atoms with Crippen LogP contribution in [0.1, 0.15) is 18.2 Å². The number of fused-ring (bicyclic) bond motifs is 2. The van der Waals surface area contributed by atoms with Gasteiger partial charge in [0.2, 0.25) is 0 Å². The van der Waals surface area contributed by atoms with E-state index in [9.17, 15) is 0 Å². The lowest BCUT2D eigenvalue weighted by Crippen LogP contribution is -1.87. The molecular formula is C28H21ClN4O. The summed E-state index contributed by atoms with van der Waals surface area (Å²) in [7, 11) is 0. The maximum Gasteiger partial charge on any atom is 0.322 e. The van der Waals surface area contributed by atoms with E-state index in [0.29, 0.717) is 11.0 Å². The van der Waals surface area contributed by atoms with Gasteiger partial charge in [0.25, 0.3) is 0 Å². The lowest BCUT2D eigenvalue weighted by atomic mass is 10.0. The van der Waals surface area contributed by atoms with Gasteiger partial charge in [0, 0.05) is 49.9 Å². The number of aromatic nitrogens is 3. The fraction of sp³-hybridized carbons (Fsp3) is 0.0714. The van der Waals surface area contributed by atoms with Crippen molar-refractivity contribution in [2.45, 2.75) is 13.3 Å². The zero-order valence-corrected chi connectivity index (χ0v) is 19.2. The van der Waals surface area contributed by atoms with E-state index in [0.717, 1.165) is 62.0 Å². The maximum atomic E-state index is 6.12. The molecule has 0 amide bonds. The molecule has 6 aromatic rings. The topological polar surface area (TPSA) is 70.0 Å². The molecule has 0 unspecified atom stereocenters. The summed E-state index contributed by atoms with van der Waals surface area (Å²) in [5.41, 5.74) is 8.02. The zero-order valence-electron chi connectivity index (χ0n) is 18.5. The molecule has 0 spiro atoms. The van der Waals surface area contributed by atoms with Gasteiger partial charge < -0.3 is 14.4 Å². The highest BCUT2D eigenvalue weighted by atomic mass is 35.5. The molecule has 0 aliphatic rings. The van der Waals surface area contributed by atoms with Crippen molar-refractivity contribution >= 4 is 45.6 Å². The normalized spacial score (nSPS) is 11.8. The molecule has 166 valence electrons. The van der Waals surface area contributed by atoms with Gasteiger partial charge in [0.1, 0.15) is 12.0 Å². The third-order valence-corrected chi connectivity index (χ3v) is 6.32. The van der Waals surface area contributed by atoms with Crippen LogP contribution in [-0.2, 0) is 6.42 Å². The van der Waals surface area contributed by atoms with Crippen molar-refractivity contribution in [1.29, 1.82) is 0 Å². The molecular weight excluding hydrogens is 444 g/mol. The average molecular weight is 465 g/mol. The van der Waals surface area contributed by atoms with E-state index in [1.165, 1.54) is 0 Å². The van der Waals surface area contributed by atoms with Gasteiger partial charge in [-0.1, -0.05) is 67.1 Å². The molecule has 0 fully saturated rings. The van der Waals surface area contributed by atoms with Crippen LogP contribution in [0.15, 0.2) is 88.5 Å². The number of hydrogen-bond donors (Lipinski definition) is 2. The molecule has 0 aliphatic heterocycles. The van der Waals surface area contributed by atoms with Crippen LogP contribution in [0.3, 0.4) is 0 Å². The Morgan fingerprint density at radius 2 is 1.62 bits per heavy atom. The van der Waals surface area contributed by atoms with E-state index in [4.69, 9.17) is 21.0 Å². The summed E-state index contributed by atoms with van der Waals surface area (Å²) in [5.74, 6) is 0. The van der Waals surface area contributed by atoms with Gasteiger partial charge in [-0.25, -0.2) is 4.99 Å². The molecule has 6 rings (SSSR count). The number of aromatic amines is 2. The van der Waals surface area contributed by atoms with Crippen molar-refractivity contribution in [3.8, 4) is 22.5 Å². The minimum Gasteiger partial charge on any atom is -0.430 e. The highest BCUT2D eigenvalue weighted by molar-refractivity contribution is 6.30. The molecule has 34 heavy (non-hydrogen) atoms. The summed E-state index contributed by atoms with van der Waals surface area (Å²) < 4.78 is 5.78. The predicted octanol–water partition coefficient (Wildman–Crippen LogP) is 7.94. The van der Waals surface area contributed by atoms with Gasteiger partial charge in [-0.05, 0) is 36.2 Å². The number of H-pyrrole nitrogens is 2. The smallest absolute Gasteiger partial charge is 0.322 e. The summed E-state index contributed by atoms with van der Waals surface area (Å²) in [6.45, 7) is 2.13. The Balaban J connectivity index is 1.43. The lowest BCUT2D eigenvalue weighted by Gasteiger charge is -2.02. The largest absolute Gasteiger partial charge is 0.430 e. The minimum absolute atomic E-state index is 0.315. The fourth-order valence-electron chi connectivity index (χ4n) is 4.44. The van der Waals surface area contributed by atoms with Crippen molar-refractivity contribution in [3.63, 3.8) is 0 Å². The first-order valence-electron chi connectivity index (χ1n) is 11.2. The van der Waals surface area contributed by atoms with E-state index in [1.54, 1.807) is 6.26 Å². The number of benzene rings is 3. The SMILES string of the molecule is CCc1[nH]c2ccccc2c1C=Nc1nc(-c2c(-c3ccc(Cl)cc3)[nH]c3ccccc23)co1. The van der Waals surface area contributed by atoms with Gasteiger partial charge in [0.15, 0.2) is 0 Å². The Bertz CT molecular complexity index is 1650. The number of nitrogens with zero attached hydrogens (tertiary/aromatic N) is 2. The first kappa shape index (κ1) is 20.5. The van der Waals surface area contributed by atoms with Gasteiger partial charge in [-0.15, -0.1) is 0 Å². The van der Waals surface area contributed by atoms with E-state index in [2.05, 4.69) is 46.1 Å². The molecule has 3 heterocycles. The van der Waals surface area contributed by atoms with E-state index in [-0.39, 0.29) is 0 Å². The molecule has 0 saturated heterocycles. The Morgan fingerprint density at radius 3 is 2.38 bits per heavy atom. The first-order chi connectivity index (χ1) is 16.7. The summed E-state index contributed by atoms with van der Waals surface area (Å²) in [6, 6.07) is 24.5. The number of halogens is 1. The molecule has 0 atom stereocenters. The number of rotatable bonds is 5. The highest BCUT2D eigenvalue weighted by Crippen LogP contribution is 2.38. The second-order valence-corrected chi connectivity index (χ2v) is 8.55. The van der Waals surface area contributed by atoms with Crippen molar-refractivity contribution < 1.29 is 4.42 Å².